The van der Waals surface area contributed by atoms with Crippen LogP contribution in [-0.4, -0.2) is 82.8 Å². The molecule has 1 aromatic rings. The van der Waals surface area contributed by atoms with Crippen molar-refractivity contribution in [2.24, 2.45) is 28.6 Å². The number of hydrogen-bond donors (Lipinski definition) is 2. The molecule has 2 aliphatic carbocycles. The van der Waals surface area contributed by atoms with Crippen molar-refractivity contribution in [1.29, 1.82) is 0 Å². The smallest absolute Gasteiger partial charge is 0.335 e. The maximum absolute atomic E-state index is 13.7. The van der Waals surface area contributed by atoms with E-state index in [-0.39, 0.29) is 31.5 Å². The van der Waals surface area contributed by atoms with Crippen molar-refractivity contribution in [2.45, 2.75) is 102 Å². The van der Waals surface area contributed by atoms with Crippen LogP contribution in [0.2, 0.25) is 0 Å². The van der Waals surface area contributed by atoms with Crippen molar-refractivity contribution < 1.29 is 62.3 Å². The molecule has 5 rings (SSSR count). The molecule has 13 nitrogen and oxygen atoms in total. The third-order valence-corrected chi connectivity index (χ3v) is 11.6. The topological polar surface area (TPSA) is 185 Å². The van der Waals surface area contributed by atoms with Crippen molar-refractivity contribution in [1.82, 2.24) is 0 Å². The van der Waals surface area contributed by atoms with Crippen LogP contribution in [0.1, 0.15) is 72.3 Å². The first-order valence-corrected chi connectivity index (χ1v) is 16.2. The van der Waals surface area contributed by atoms with E-state index in [0.717, 1.165) is 0 Å². The molecular formula is C35H44O13. The minimum Gasteiger partial charge on any atom is -0.472 e. The Labute approximate surface area is 278 Å². The second kappa shape index (κ2) is 12.5. The third-order valence-electron chi connectivity index (χ3n) is 11.6. The van der Waals surface area contributed by atoms with Gasteiger partial charge in [0.05, 0.1) is 24.4 Å². The normalized spacial score (nSPS) is 40.3. The fourth-order valence-electron chi connectivity index (χ4n) is 8.93. The number of fused-ring (bicyclic) bond motifs is 2. The maximum Gasteiger partial charge on any atom is 0.335 e. The molecule has 0 bridgehead atoms. The van der Waals surface area contributed by atoms with Gasteiger partial charge in [0.25, 0.3) is 6.47 Å². The number of carbonyl (C=O) groups is 5. The highest BCUT2D eigenvalue weighted by molar-refractivity contribution is 5.83. The lowest BCUT2D eigenvalue weighted by Crippen LogP contribution is -2.71. The number of aliphatic hydroxyl groups excluding tert-OH is 1. The number of rotatable bonds is 9. The van der Waals surface area contributed by atoms with Gasteiger partial charge in [0, 0.05) is 36.2 Å². The van der Waals surface area contributed by atoms with E-state index in [2.05, 4.69) is 6.58 Å². The molecule has 12 atom stereocenters. The van der Waals surface area contributed by atoms with E-state index in [9.17, 15) is 34.2 Å². The number of carbonyl (C=O) groups excluding carboxylic acids is 5. The summed E-state index contributed by atoms with van der Waals surface area (Å²) in [6, 6.07) is 1.67. The Balaban J connectivity index is 1.79. The van der Waals surface area contributed by atoms with Crippen LogP contribution in [0.5, 0.6) is 0 Å². The molecule has 1 saturated heterocycles. The number of furan rings is 1. The van der Waals surface area contributed by atoms with Gasteiger partial charge in [0.2, 0.25) is 0 Å². The number of esters is 4. The van der Waals surface area contributed by atoms with Gasteiger partial charge in [-0.2, -0.15) is 0 Å². The average molecular weight is 673 g/mol. The van der Waals surface area contributed by atoms with E-state index in [4.69, 9.17) is 28.1 Å². The zero-order valence-corrected chi connectivity index (χ0v) is 28.0. The van der Waals surface area contributed by atoms with Gasteiger partial charge in [0.1, 0.15) is 36.1 Å². The summed E-state index contributed by atoms with van der Waals surface area (Å²) in [6.07, 6.45) is 0.145. The molecule has 0 amide bonds. The number of aliphatic hydroxyl groups is 2. The van der Waals surface area contributed by atoms with E-state index in [1.54, 1.807) is 40.7 Å². The Bertz CT molecular complexity index is 1500. The highest BCUT2D eigenvalue weighted by Gasteiger charge is 2.77. The molecule has 0 spiro atoms. The van der Waals surface area contributed by atoms with Crippen molar-refractivity contribution in [3.63, 3.8) is 0 Å². The monoisotopic (exact) mass is 672 g/mol. The van der Waals surface area contributed by atoms with Gasteiger partial charge in [-0.05, 0) is 36.5 Å². The fraction of sp³-hybridized carbons (Fsp3) is 0.629. The molecule has 2 aliphatic heterocycles. The summed E-state index contributed by atoms with van der Waals surface area (Å²) in [5.74, 6) is -6.21. The van der Waals surface area contributed by atoms with Crippen LogP contribution in [0.15, 0.2) is 47.3 Å². The minimum atomic E-state index is -2.17. The third kappa shape index (κ3) is 5.26. The fourth-order valence-corrected chi connectivity index (χ4v) is 8.93. The van der Waals surface area contributed by atoms with Gasteiger partial charge in [-0.1, -0.05) is 46.8 Å². The molecule has 2 N–H and O–H groups in total. The van der Waals surface area contributed by atoms with E-state index in [1.165, 1.54) is 31.6 Å². The van der Waals surface area contributed by atoms with Crippen LogP contribution in [0.25, 0.3) is 0 Å². The van der Waals surface area contributed by atoms with Gasteiger partial charge < -0.3 is 38.3 Å². The lowest BCUT2D eigenvalue weighted by Gasteiger charge is -2.61. The Morgan fingerprint density at radius 1 is 1.21 bits per heavy atom. The van der Waals surface area contributed by atoms with E-state index < -0.39 is 94.0 Å². The van der Waals surface area contributed by atoms with Crippen LogP contribution in [-0.2, 0) is 47.7 Å². The van der Waals surface area contributed by atoms with Crippen LogP contribution >= 0.6 is 0 Å². The standard InChI is InChI=1S/C35H44O13/c1-8-18(2)28(40)31(41)47-30-29(45-17-36)27(32(5)11-9-25(38)48-33(6)16-44-26(39)14-23(32)33)19(3)35(42)24(46-20(4)37)13-22(34(30,35)7)21-10-12-43-15-21/h9-12,15,17-18,22-24,27-30,40,42H,3,8,13-14,16H2,1-2,4-7H3/t18-,22+,23-,24?,27?,28-,29-,30+,32+,33-,34-,35-/m1/s1. The van der Waals surface area contributed by atoms with Crippen molar-refractivity contribution in [3.05, 3.63) is 48.5 Å². The minimum absolute atomic E-state index is 0.0231. The maximum atomic E-state index is 13.7. The molecule has 0 aromatic carbocycles. The Kier molecular flexibility index (Phi) is 9.19. The number of ether oxygens (including phenoxy) is 5. The first kappa shape index (κ1) is 35.3. The van der Waals surface area contributed by atoms with Gasteiger partial charge in [-0.25, -0.2) is 9.59 Å². The van der Waals surface area contributed by atoms with Crippen LogP contribution in [0.4, 0.5) is 0 Å². The first-order valence-electron chi connectivity index (χ1n) is 16.2. The lowest BCUT2D eigenvalue weighted by atomic mass is 9.47. The summed E-state index contributed by atoms with van der Waals surface area (Å²) >= 11 is 0. The molecule has 4 aliphatic rings. The number of hydrogen-bond acceptors (Lipinski definition) is 13. The highest BCUT2D eigenvalue weighted by Crippen LogP contribution is 2.69. The number of cyclic esters (lactones) is 1. The molecule has 262 valence electrons. The molecule has 2 unspecified atom stereocenters. The summed E-state index contributed by atoms with van der Waals surface area (Å²) in [7, 11) is 0. The Morgan fingerprint density at radius 2 is 1.92 bits per heavy atom. The molecule has 0 radical (unpaired) electrons. The molecule has 2 saturated carbocycles. The summed E-state index contributed by atoms with van der Waals surface area (Å²) < 4.78 is 34.4. The second-order valence-corrected chi connectivity index (χ2v) is 14.2. The van der Waals surface area contributed by atoms with Crippen molar-refractivity contribution in [3.8, 4) is 0 Å². The predicted molar refractivity (Wildman–Crippen MR) is 164 cm³/mol. The van der Waals surface area contributed by atoms with E-state index in [0.29, 0.717) is 12.0 Å². The largest absolute Gasteiger partial charge is 0.472 e. The van der Waals surface area contributed by atoms with Crippen molar-refractivity contribution in [2.75, 3.05) is 6.61 Å². The quantitative estimate of drug-likeness (QED) is 0.169. The summed E-state index contributed by atoms with van der Waals surface area (Å²) in [5.41, 5.74) is -5.87. The molecule has 48 heavy (non-hydrogen) atoms. The van der Waals surface area contributed by atoms with E-state index in [1.807, 2.05) is 0 Å². The average Bonchev–Trinajstić information content (AvgIpc) is 3.62. The Morgan fingerprint density at radius 3 is 2.52 bits per heavy atom. The lowest BCUT2D eigenvalue weighted by molar-refractivity contribution is -0.243. The highest BCUT2D eigenvalue weighted by atomic mass is 16.6. The molecule has 3 heterocycles. The molecule has 3 fully saturated rings. The van der Waals surface area contributed by atoms with Gasteiger partial charge in [0.15, 0.2) is 6.10 Å². The summed E-state index contributed by atoms with van der Waals surface area (Å²) in [4.78, 5) is 64.4. The van der Waals surface area contributed by atoms with E-state index >= 15 is 0 Å². The molecular weight excluding hydrogens is 628 g/mol. The Hall–Kier alpha value is -3.97. The van der Waals surface area contributed by atoms with Crippen LogP contribution < -0.4 is 0 Å². The zero-order chi connectivity index (χ0) is 35.4. The SMILES string of the molecule is C=C1C([C@@]2(C)C=CC(=O)O[C@]3(C)COC(=O)C[C@@H]32)[C@@H](OC=O)[C@H](OC(=O)[C@H](O)[C@H](C)CC)[C@@]2(C)[C@H](c3ccoc3)CC(OC(C)=O)[C@]12O. The zero-order valence-electron chi connectivity index (χ0n) is 28.0. The van der Waals surface area contributed by atoms with Gasteiger partial charge in [-0.15, -0.1) is 0 Å². The van der Waals surface area contributed by atoms with Crippen molar-refractivity contribution >= 4 is 30.3 Å². The first-order chi connectivity index (χ1) is 22.5. The summed E-state index contributed by atoms with van der Waals surface area (Å²) in [5, 5.41) is 24.2. The van der Waals surface area contributed by atoms with Gasteiger partial charge >= 0.3 is 23.9 Å². The second-order valence-electron chi connectivity index (χ2n) is 14.2. The predicted octanol–water partition coefficient (Wildman–Crippen LogP) is 2.92. The number of allylic oxidation sites excluding steroid dienone is 1. The summed E-state index contributed by atoms with van der Waals surface area (Å²) in [6.45, 7) is 13.9. The van der Waals surface area contributed by atoms with Crippen LogP contribution in [0, 0.1) is 28.6 Å². The van der Waals surface area contributed by atoms with Crippen LogP contribution in [0.3, 0.4) is 0 Å². The van der Waals surface area contributed by atoms with Gasteiger partial charge in [-0.3, -0.25) is 14.4 Å². The molecule has 1 aromatic heterocycles. The molecule has 13 heteroatoms.